The van der Waals surface area contributed by atoms with Crippen LogP contribution in [0.3, 0.4) is 0 Å². The maximum Gasteiger partial charge on any atom is 0.491 e. The van der Waals surface area contributed by atoms with Crippen molar-refractivity contribution in [3.8, 4) is 0 Å². The zero-order valence-corrected chi connectivity index (χ0v) is 8.85. The van der Waals surface area contributed by atoms with Gasteiger partial charge in [0.05, 0.1) is 5.69 Å². The second-order valence-electron chi connectivity index (χ2n) is 3.42. The third-order valence-corrected chi connectivity index (χ3v) is 2.50. The molecule has 0 aliphatic carbocycles. The van der Waals surface area contributed by atoms with Gasteiger partial charge in [-0.1, -0.05) is 0 Å². The van der Waals surface area contributed by atoms with Crippen molar-refractivity contribution < 1.29 is 13.2 Å². The van der Waals surface area contributed by atoms with E-state index in [0.29, 0.717) is 5.56 Å². The van der Waals surface area contributed by atoms with E-state index in [-0.39, 0.29) is 28.1 Å². The smallest absolute Gasteiger partial charge is 0.397 e. The first kappa shape index (κ1) is 12.6. The average molecular weight is 235 g/mol. The predicted octanol–water partition coefficient (Wildman–Crippen LogP) is 0.982. The van der Waals surface area contributed by atoms with Gasteiger partial charge in [0.2, 0.25) is 0 Å². The van der Waals surface area contributed by atoms with E-state index < -0.39 is 11.9 Å². The van der Waals surface area contributed by atoms with Crippen molar-refractivity contribution in [2.75, 3.05) is 5.73 Å². The number of alkyl halides is 3. The number of nitrogen functional groups attached to an aromatic ring is 1. The summed E-state index contributed by atoms with van der Waals surface area (Å²) in [6, 6.07) is 0. The Morgan fingerprint density at radius 2 is 1.81 bits per heavy atom. The van der Waals surface area contributed by atoms with Crippen molar-refractivity contribution in [3.63, 3.8) is 0 Å². The Morgan fingerprint density at radius 3 is 2.19 bits per heavy atom. The normalized spacial score (nSPS) is 11.9. The second-order valence-corrected chi connectivity index (χ2v) is 3.42. The molecule has 16 heavy (non-hydrogen) atoms. The molecule has 4 N–H and O–H groups in total. The van der Waals surface area contributed by atoms with Gasteiger partial charge < -0.3 is 11.5 Å². The summed E-state index contributed by atoms with van der Waals surface area (Å²) in [5.41, 5.74) is 9.43. The first-order valence-corrected chi connectivity index (χ1v) is 4.49. The number of pyridine rings is 1. The molecule has 1 aromatic rings. The lowest BCUT2D eigenvalue weighted by Gasteiger charge is -2.18. The maximum atomic E-state index is 12.6. The molecule has 0 saturated carbocycles. The highest BCUT2D eigenvalue weighted by Gasteiger charge is 2.35. The van der Waals surface area contributed by atoms with Crippen LogP contribution in [0, 0.1) is 13.8 Å². The zero-order valence-electron chi connectivity index (χ0n) is 8.85. The number of nitrogens with two attached hydrogens (primary N) is 2. The van der Waals surface area contributed by atoms with Crippen molar-refractivity contribution in [1.82, 2.24) is 4.57 Å². The standard InChI is InChI=1S/C9H12F3N3O/c1-4-6(3-13)8(16)15(9(10,11)12)5(2)7(4)14/h3,13-14H2,1-2H3. The summed E-state index contributed by atoms with van der Waals surface area (Å²) in [6.07, 6.45) is -4.78. The van der Waals surface area contributed by atoms with Gasteiger partial charge in [0.15, 0.2) is 0 Å². The van der Waals surface area contributed by atoms with Gasteiger partial charge >= 0.3 is 6.30 Å². The summed E-state index contributed by atoms with van der Waals surface area (Å²) in [6.45, 7) is 2.36. The van der Waals surface area contributed by atoms with E-state index in [0.717, 1.165) is 6.92 Å². The average Bonchev–Trinajstić information content (AvgIpc) is 2.13. The Hall–Kier alpha value is -1.50. The molecule has 0 aliphatic rings. The van der Waals surface area contributed by atoms with E-state index in [2.05, 4.69) is 0 Å². The molecule has 0 atom stereocenters. The first-order valence-electron chi connectivity index (χ1n) is 4.49. The SMILES string of the molecule is Cc1c(N)c(C)n(C(F)(F)F)c(=O)c1CN. The third-order valence-electron chi connectivity index (χ3n) is 2.50. The van der Waals surface area contributed by atoms with E-state index in [1.165, 1.54) is 6.92 Å². The number of hydrogen-bond donors (Lipinski definition) is 2. The monoisotopic (exact) mass is 235 g/mol. The van der Waals surface area contributed by atoms with Crippen LogP contribution in [0.1, 0.15) is 16.8 Å². The molecule has 0 fully saturated rings. The van der Waals surface area contributed by atoms with Crippen LogP contribution in [-0.2, 0) is 12.8 Å². The van der Waals surface area contributed by atoms with Gasteiger partial charge in [-0.3, -0.25) is 4.79 Å². The Labute approximate surface area is 89.7 Å². The Bertz CT molecular complexity index is 476. The minimum Gasteiger partial charge on any atom is -0.397 e. The molecule has 0 unspecified atom stereocenters. The summed E-state index contributed by atoms with van der Waals surface area (Å²) in [5.74, 6) is 0. The molecule has 1 heterocycles. The van der Waals surface area contributed by atoms with Crippen LogP contribution in [0.4, 0.5) is 18.9 Å². The van der Waals surface area contributed by atoms with Crippen LogP contribution in [-0.4, -0.2) is 4.57 Å². The number of halogens is 3. The molecular formula is C9H12F3N3O. The molecule has 7 heteroatoms. The quantitative estimate of drug-likeness (QED) is 0.762. The number of rotatable bonds is 1. The molecule has 4 nitrogen and oxygen atoms in total. The van der Waals surface area contributed by atoms with Gasteiger partial charge in [-0.2, -0.15) is 0 Å². The molecule has 0 spiro atoms. The zero-order chi connectivity index (χ0) is 12.7. The minimum absolute atomic E-state index is 0.0580. The van der Waals surface area contributed by atoms with Crippen LogP contribution in [0.15, 0.2) is 4.79 Å². The lowest BCUT2D eigenvalue weighted by molar-refractivity contribution is -0.207. The van der Waals surface area contributed by atoms with E-state index in [1.807, 2.05) is 0 Å². The van der Waals surface area contributed by atoms with Gasteiger partial charge in [-0.25, -0.2) is 4.57 Å². The van der Waals surface area contributed by atoms with Gasteiger partial charge in [-0.05, 0) is 19.4 Å². The molecule has 0 amide bonds. The molecule has 1 aromatic heterocycles. The van der Waals surface area contributed by atoms with Crippen molar-refractivity contribution in [1.29, 1.82) is 0 Å². The highest BCUT2D eigenvalue weighted by atomic mass is 19.4. The van der Waals surface area contributed by atoms with Crippen LogP contribution >= 0.6 is 0 Å². The van der Waals surface area contributed by atoms with Gasteiger partial charge in [0.25, 0.3) is 5.56 Å². The van der Waals surface area contributed by atoms with Crippen LogP contribution in [0.2, 0.25) is 0 Å². The Balaban J connectivity index is 3.77. The summed E-state index contributed by atoms with van der Waals surface area (Å²) in [5, 5.41) is 0. The molecule has 0 saturated heterocycles. The lowest BCUT2D eigenvalue weighted by Crippen LogP contribution is -2.36. The Morgan fingerprint density at radius 1 is 1.31 bits per heavy atom. The van der Waals surface area contributed by atoms with E-state index >= 15 is 0 Å². The fourth-order valence-electron chi connectivity index (χ4n) is 1.55. The topological polar surface area (TPSA) is 74.0 Å². The minimum atomic E-state index is -4.78. The highest BCUT2D eigenvalue weighted by Crippen LogP contribution is 2.26. The van der Waals surface area contributed by atoms with Crippen molar-refractivity contribution in [2.24, 2.45) is 5.73 Å². The van der Waals surface area contributed by atoms with E-state index in [1.54, 1.807) is 0 Å². The molecule has 90 valence electrons. The molecule has 0 aliphatic heterocycles. The van der Waals surface area contributed by atoms with Gasteiger partial charge in [0.1, 0.15) is 0 Å². The van der Waals surface area contributed by atoms with Crippen LogP contribution in [0.25, 0.3) is 0 Å². The molecular weight excluding hydrogens is 223 g/mol. The fraction of sp³-hybridized carbons (Fsp3) is 0.444. The number of aromatic nitrogens is 1. The molecule has 0 aromatic carbocycles. The predicted molar refractivity (Wildman–Crippen MR) is 53.8 cm³/mol. The first-order chi connectivity index (χ1) is 7.21. The van der Waals surface area contributed by atoms with Gasteiger partial charge in [-0.15, -0.1) is 13.2 Å². The summed E-state index contributed by atoms with van der Waals surface area (Å²) < 4.78 is 37.5. The molecule has 1 rings (SSSR count). The van der Waals surface area contributed by atoms with Gasteiger partial charge in [0, 0.05) is 17.8 Å². The third kappa shape index (κ3) is 1.78. The number of anilines is 1. The van der Waals surface area contributed by atoms with Crippen molar-refractivity contribution in [3.05, 3.63) is 27.2 Å². The van der Waals surface area contributed by atoms with Crippen LogP contribution in [0.5, 0.6) is 0 Å². The number of nitrogens with zero attached hydrogens (tertiary/aromatic N) is 1. The molecule has 0 radical (unpaired) electrons. The summed E-state index contributed by atoms with van der Waals surface area (Å²) in [7, 11) is 0. The Kier molecular flexibility index (Phi) is 3.00. The molecule has 0 bridgehead atoms. The maximum absolute atomic E-state index is 12.6. The second kappa shape index (κ2) is 3.82. The lowest BCUT2D eigenvalue weighted by atomic mass is 10.1. The van der Waals surface area contributed by atoms with E-state index in [4.69, 9.17) is 11.5 Å². The van der Waals surface area contributed by atoms with Crippen molar-refractivity contribution in [2.45, 2.75) is 26.7 Å². The van der Waals surface area contributed by atoms with E-state index in [9.17, 15) is 18.0 Å². The largest absolute Gasteiger partial charge is 0.491 e. The summed E-state index contributed by atoms with van der Waals surface area (Å²) in [4.78, 5) is 11.5. The van der Waals surface area contributed by atoms with Crippen molar-refractivity contribution >= 4 is 5.69 Å². The summed E-state index contributed by atoms with van der Waals surface area (Å²) >= 11 is 0. The highest BCUT2D eigenvalue weighted by molar-refractivity contribution is 5.53. The van der Waals surface area contributed by atoms with Crippen LogP contribution < -0.4 is 17.0 Å². The fourth-order valence-corrected chi connectivity index (χ4v) is 1.55. The number of hydrogen-bond acceptors (Lipinski definition) is 3.